The molecule has 16 heavy (non-hydrogen) atoms. The summed E-state index contributed by atoms with van der Waals surface area (Å²) in [6, 6.07) is 2.72. The third kappa shape index (κ3) is 1.52. The molecule has 0 saturated heterocycles. The first-order valence-corrected chi connectivity index (χ1v) is 4.60. The summed E-state index contributed by atoms with van der Waals surface area (Å²) >= 11 is 0. The van der Waals surface area contributed by atoms with E-state index in [1.807, 2.05) is 0 Å². The van der Waals surface area contributed by atoms with E-state index < -0.39 is 0 Å². The highest BCUT2D eigenvalue weighted by Crippen LogP contribution is 2.12. The van der Waals surface area contributed by atoms with Gasteiger partial charge in [-0.15, -0.1) is 0 Å². The van der Waals surface area contributed by atoms with Crippen LogP contribution in [0.25, 0.3) is 11.0 Å². The van der Waals surface area contributed by atoms with E-state index in [2.05, 4.69) is 9.97 Å². The fraction of sp³-hybridized carbons (Fsp3) is 0.0909. The van der Waals surface area contributed by atoms with Gasteiger partial charge in [0.2, 0.25) is 5.43 Å². The molecule has 0 aromatic carbocycles. The van der Waals surface area contributed by atoms with Gasteiger partial charge in [-0.2, -0.15) is 0 Å². The normalized spacial score (nSPS) is 10.3. The maximum Gasteiger partial charge on any atom is 0.208 e. The number of carbonyl (C=O) groups is 2. The number of aryl methyl sites for hydroxylation is 1. The number of aromatic nitrogens is 2. The molecular formula is C11H8N2O3. The minimum absolute atomic E-state index is 0.174. The Hall–Kier alpha value is -2.30. The van der Waals surface area contributed by atoms with Crippen molar-refractivity contribution in [2.75, 3.05) is 0 Å². The lowest BCUT2D eigenvalue weighted by Crippen LogP contribution is -2.08. The van der Waals surface area contributed by atoms with Crippen molar-refractivity contribution in [1.29, 1.82) is 0 Å². The van der Waals surface area contributed by atoms with Gasteiger partial charge in [0.1, 0.15) is 11.2 Å². The van der Waals surface area contributed by atoms with Crippen LogP contribution in [0.2, 0.25) is 0 Å². The SMILES string of the molecule is Cc1cc(C=O)nc2c(=O)cc(C=O)[nH]c12. The first-order chi connectivity index (χ1) is 7.65. The second-order valence-electron chi connectivity index (χ2n) is 3.41. The summed E-state index contributed by atoms with van der Waals surface area (Å²) in [6.45, 7) is 1.74. The van der Waals surface area contributed by atoms with Crippen molar-refractivity contribution in [3.05, 3.63) is 39.3 Å². The number of fused-ring (bicyclic) bond motifs is 1. The molecule has 5 heteroatoms. The van der Waals surface area contributed by atoms with E-state index in [4.69, 9.17) is 0 Å². The maximum atomic E-state index is 11.6. The minimum atomic E-state index is -0.373. The molecule has 2 aromatic rings. The Kier molecular flexibility index (Phi) is 2.36. The molecule has 80 valence electrons. The van der Waals surface area contributed by atoms with Gasteiger partial charge in [0.05, 0.1) is 11.2 Å². The number of hydrogen-bond acceptors (Lipinski definition) is 4. The van der Waals surface area contributed by atoms with Crippen molar-refractivity contribution in [2.45, 2.75) is 6.92 Å². The highest BCUT2D eigenvalue weighted by Gasteiger charge is 2.07. The molecule has 0 fully saturated rings. The molecule has 0 radical (unpaired) electrons. The Morgan fingerprint density at radius 1 is 1.25 bits per heavy atom. The van der Waals surface area contributed by atoms with Crippen LogP contribution >= 0.6 is 0 Å². The molecular weight excluding hydrogens is 208 g/mol. The van der Waals surface area contributed by atoms with Crippen molar-refractivity contribution in [3.8, 4) is 0 Å². The molecule has 1 N–H and O–H groups in total. The number of aldehydes is 2. The largest absolute Gasteiger partial charge is 0.351 e. The number of carbonyl (C=O) groups excluding carboxylic acids is 2. The molecule has 0 aliphatic carbocycles. The van der Waals surface area contributed by atoms with Gasteiger partial charge in [-0.25, -0.2) is 4.98 Å². The van der Waals surface area contributed by atoms with Crippen molar-refractivity contribution in [1.82, 2.24) is 9.97 Å². The number of rotatable bonds is 2. The van der Waals surface area contributed by atoms with Crippen molar-refractivity contribution in [3.63, 3.8) is 0 Å². The lowest BCUT2D eigenvalue weighted by atomic mass is 10.1. The maximum absolute atomic E-state index is 11.6. The van der Waals surface area contributed by atoms with E-state index in [1.165, 1.54) is 0 Å². The summed E-state index contributed by atoms with van der Waals surface area (Å²) in [6.07, 6.45) is 1.15. The molecule has 2 rings (SSSR count). The second-order valence-corrected chi connectivity index (χ2v) is 3.41. The summed E-state index contributed by atoms with van der Waals surface area (Å²) in [5.41, 5.74) is 1.39. The van der Waals surface area contributed by atoms with Crippen LogP contribution in [0.5, 0.6) is 0 Å². The van der Waals surface area contributed by atoms with Crippen LogP contribution < -0.4 is 5.43 Å². The third-order valence-electron chi connectivity index (χ3n) is 2.27. The Morgan fingerprint density at radius 3 is 2.62 bits per heavy atom. The molecule has 0 saturated carbocycles. The molecule has 0 bridgehead atoms. The smallest absolute Gasteiger partial charge is 0.208 e. The van der Waals surface area contributed by atoms with Gasteiger partial charge in [-0.1, -0.05) is 0 Å². The summed E-state index contributed by atoms with van der Waals surface area (Å²) < 4.78 is 0. The van der Waals surface area contributed by atoms with E-state index in [9.17, 15) is 14.4 Å². The van der Waals surface area contributed by atoms with Crippen LogP contribution in [0.15, 0.2) is 16.9 Å². The fourth-order valence-corrected chi connectivity index (χ4v) is 1.55. The zero-order valence-electron chi connectivity index (χ0n) is 8.48. The average molecular weight is 216 g/mol. The van der Waals surface area contributed by atoms with Gasteiger partial charge < -0.3 is 4.98 Å². The Balaban J connectivity index is 2.94. The number of nitrogens with one attached hydrogen (secondary N) is 1. The van der Waals surface area contributed by atoms with Gasteiger partial charge in [0, 0.05) is 6.07 Å². The number of pyridine rings is 2. The van der Waals surface area contributed by atoms with E-state index >= 15 is 0 Å². The third-order valence-corrected chi connectivity index (χ3v) is 2.27. The number of aromatic amines is 1. The van der Waals surface area contributed by atoms with Crippen LogP contribution in [-0.4, -0.2) is 22.5 Å². The minimum Gasteiger partial charge on any atom is -0.351 e. The van der Waals surface area contributed by atoms with E-state index in [-0.39, 0.29) is 22.3 Å². The topological polar surface area (TPSA) is 79.9 Å². The van der Waals surface area contributed by atoms with Crippen LogP contribution in [0.4, 0.5) is 0 Å². The Bertz CT molecular complexity index is 643. The van der Waals surface area contributed by atoms with Crippen molar-refractivity contribution in [2.24, 2.45) is 0 Å². The molecule has 0 unspecified atom stereocenters. The molecule has 0 atom stereocenters. The summed E-state index contributed by atoms with van der Waals surface area (Å²) in [4.78, 5) is 39.5. The van der Waals surface area contributed by atoms with E-state index in [0.717, 1.165) is 6.07 Å². The zero-order chi connectivity index (χ0) is 11.7. The van der Waals surface area contributed by atoms with E-state index in [1.54, 1.807) is 13.0 Å². The van der Waals surface area contributed by atoms with Crippen LogP contribution in [0.3, 0.4) is 0 Å². The number of hydrogen-bond donors (Lipinski definition) is 1. The molecule has 5 nitrogen and oxygen atoms in total. The second kappa shape index (κ2) is 3.69. The molecule has 2 aromatic heterocycles. The lowest BCUT2D eigenvalue weighted by molar-refractivity contribution is 0.111. The average Bonchev–Trinajstić information content (AvgIpc) is 2.29. The molecule has 0 aliphatic rings. The van der Waals surface area contributed by atoms with Gasteiger partial charge in [-0.3, -0.25) is 14.4 Å². The number of nitrogens with zero attached hydrogens (tertiary/aromatic N) is 1. The first kappa shape index (κ1) is 10.2. The Morgan fingerprint density at radius 2 is 2.00 bits per heavy atom. The van der Waals surface area contributed by atoms with Gasteiger partial charge in [0.15, 0.2) is 12.6 Å². The van der Waals surface area contributed by atoms with Crippen molar-refractivity contribution < 1.29 is 9.59 Å². The standard InChI is InChI=1S/C11H8N2O3/c1-6-2-7(4-14)13-11-9(16)3-8(5-15)12-10(6)11/h2-5H,1H3,(H,12,16). The Labute approximate surface area is 90.1 Å². The lowest BCUT2D eigenvalue weighted by Gasteiger charge is -2.03. The summed E-state index contributed by atoms with van der Waals surface area (Å²) in [5, 5.41) is 0. The summed E-state index contributed by atoms with van der Waals surface area (Å²) in [7, 11) is 0. The molecule has 2 heterocycles. The van der Waals surface area contributed by atoms with Crippen LogP contribution in [-0.2, 0) is 0 Å². The van der Waals surface area contributed by atoms with Gasteiger partial charge in [0.25, 0.3) is 0 Å². The van der Waals surface area contributed by atoms with Crippen LogP contribution in [0, 0.1) is 6.92 Å². The first-order valence-electron chi connectivity index (χ1n) is 4.60. The molecule has 0 amide bonds. The number of H-pyrrole nitrogens is 1. The fourth-order valence-electron chi connectivity index (χ4n) is 1.55. The van der Waals surface area contributed by atoms with E-state index in [0.29, 0.717) is 23.7 Å². The summed E-state index contributed by atoms with van der Waals surface area (Å²) in [5.74, 6) is 0. The monoisotopic (exact) mass is 216 g/mol. The highest BCUT2D eigenvalue weighted by atomic mass is 16.1. The van der Waals surface area contributed by atoms with Gasteiger partial charge >= 0.3 is 0 Å². The predicted octanol–water partition coefficient (Wildman–Crippen LogP) is 0.857. The predicted molar refractivity (Wildman–Crippen MR) is 57.9 cm³/mol. The molecule has 0 aliphatic heterocycles. The van der Waals surface area contributed by atoms with Gasteiger partial charge in [-0.05, 0) is 18.6 Å². The van der Waals surface area contributed by atoms with Crippen molar-refractivity contribution >= 4 is 23.6 Å². The zero-order valence-corrected chi connectivity index (χ0v) is 8.48. The molecule has 0 spiro atoms. The van der Waals surface area contributed by atoms with Crippen LogP contribution in [0.1, 0.15) is 26.5 Å². The quantitative estimate of drug-likeness (QED) is 0.755. The highest BCUT2D eigenvalue weighted by molar-refractivity contribution is 5.86.